The number of aliphatic carboxylic acids is 1. The third-order valence-electron chi connectivity index (χ3n) is 4.63. The van der Waals surface area contributed by atoms with E-state index in [1.54, 1.807) is 13.8 Å². The Kier molecular flexibility index (Phi) is 3.94. The van der Waals surface area contributed by atoms with Crippen LogP contribution in [0.25, 0.3) is 0 Å². The van der Waals surface area contributed by atoms with Crippen molar-refractivity contribution in [3.05, 3.63) is 0 Å². The SMILES string of the molecule is CCC1(C(=O)O)CCCN1C(=O)NC1(C)CCS(=O)(=O)C1. The third-order valence-corrected chi connectivity index (χ3v) is 6.53. The summed E-state index contributed by atoms with van der Waals surface area (Å²) in [7, 11) is -3.12. The van der Waals surface area contributed by atoms with Crippen molar-refractivity contribution in [3.8, 4) is 0 Å². The number of hydrogen-bond acceptors (Lipinski definition) is 4. The average molecular weight is 318 g/mol. The van der Waals surface area contributed by atoms with E-state index in [1.807, 2.05) is 0 Å². The molecule has 0 aromatic carbocycles. The summed E-state index contributed by atoms with van der Waals surface area (Å²) in [6.45, 7) is 3.83. The second-order valence-corrected chi connectivity index (χ2v) is 8.46. The van der Waals surface area contributed by atoms with Gasteiger partial charge in [-0.3, -0.25) is 0 Å². The summed E-state index contributed by atoms with van der Waals surface area (Å²) in [5, 5.41) is 12.2. The largest absolute Gasteiger partial charge is 0.479 e. The highest BCUT2D eigenvalue weighted by molar-refractivity contribution is 7.91. The minimum Gasteiger partial charge on any atom is -0.479 e. The van der Waals surface area contributed by atoms with Crippen LogP contribution < -0.4 is 5.32 Å². The van der Waals surface area contributed by atoms with Gasteiger partial charge in [-0.05, 0) is 32.6 Å². The number of amides is 2. The molecule has 2 saturated heterocycles. The maximum absolute atomic E-state index is 12.5. The monoisotopic (exact) mass is 318 g/mol. The van der Waals surface area contributed by atoms with E-state index < -0.39 is 32.9 Å². The van der Waals surface area contributed by atoms with Crippen molar-refractivity contribution in [1.82, 2.24) is 10.2 Å². The molecule has 7 nitrogen and oxygen atoms in total. The summed E-state index contributed by atoms with van der Waals surface area (Å²) in [6, 6.07) is -0.476. The predicted molar refractivity (Wildman–Crippen MR) is 76.8 cm³/mol. The van der Waals surface area contributed by atoms with E-state index in [0.29, 0.717) is 32.2 Å². The molecule has 0 spiro atoms. The first kappa shape index (κ1) is 16.1. The second-order valence-electron chi connectivity index (χ2n) is 6.28. The first-order valence-electron chi connectivity index (χ1n) is 7.18. The summed E-state index contributed by atoms with van der Waals surface area (Å²) < 4.78 is 23.2. The van der Waals surface area contributed by atoms with Gasteiger partial charge in [0.05, 0.1) is 17.0 Å². The number of nitrogens with one attached hydrogen (secondary N) is 1. The minimum absolute atomic E-state index is 0.0572. The number of rotatable bonds is 3. The van der Waals surface area contributed by atoms with E-state index in [-0.39, 0.29) is 11.5 Å². The summed E-state index contributed by atoms with van der Waals surface area (Å²) in [5.74, 6) is -1.03. The zero-order chi connectivity index (χ0) is 15.9. The van der Waals surface area contributed by atoms with Crippen LogP contribution in [0.4, 0.5) is 4.79 Å². The Hall–Kier alpha value is -1.31. The Morgan fingerprint density at radius 2 is 2.00 bits per heavy atom. The summed E-state index contributed by atoms with van der Waals surface area (Å²) in [4.78, 5) is 25.4. The molecule has 2 aliphatic rings. The van der Waals surface area contributed by atoms with Crippen LogP contribution in [-0.2, 0) is 14.6 Å². The topological polar surface area (TPSA) is 104 Å². The molecule has 0 aliphatic carbocycles. The van der Waals surface area contributed by atoms with Gasteiger partial charge in [-0.1, -0.05) is 6.92 Å². The molecular weight excluding hydrogens is 296 g/mol. The van der Waals surface area contributed by atoms with Crippen LogP contribution >= 0.6 is 0 Å². The highest BCUT2D eigenvalue weighted by Gasteiger charge is 2.50. The molecule has 8 heteroatoms. The third kappa shape index (κ3) is 2.86. The van der Waals surface area contributed by atoms with E-state index >= 15 is 0 Å². The molecule has 2 rings (SSSR count). The fourth-order valence-corrected chi connectivity index (χ4v) is 5.44. The van der Waals surface area contributed by atoms with Crippen molar-refractivity contribution >= 4 is 21.8 Å². The summed E-state index contributed by atoms with van der Waals surface area (Å²) in [5.41, 5.74) is -1.98. The Morgan fingerprint density at radius 3 is 2.48 bits per heavy atom. The molecule has 0 bridgehead atoms. The van der Waals surface area contributed by atoms with E-state index in [9.17, 15) is 23.1 Å². The lowest BCUT2D eigenvalue weighted by Crippen LogP contribution is -2.59. The number of urea groups is 1. The quantitative estimate of drug-likeness (QED) is 0.793. The Balaban J connectivity index is 2.15. The minimum atomic E-state index is -3.12. The fourth-order valence-electron chi connectivity index (χ4n) is 3.35. The van der Waals surface area contributed by atoms with Crippen LogP contribution in [-0.4, -0.2) is 59.6 Å². The number of nitrogens with zero attached hydrogens (tertiary/aromatic N) is 1. The van der Waals surface area contributed by atoms with Crippen LogP contribution in [0.3, 0.4) is 0 Å². The normalized spacial score (nSPS) is 34.9. The van der Waals surface area contributed by atoms with Gasteiger partial charge in [0, 0.05) is 6.54 Å². The van der Waals surface area contributed by atoms with Crippen molar-refractivity contribution in [2.45, 2.75) is 50.6 Å². The molecule has 2 heterocycles. The first-order chi connectivity index (χ1) is 9.64. The molecule has 0 aromatic rings. The zero-order valence-corrected chi connectivity index (χ0v) is 13.2. The standard InChI is InChI=1S/C13H22N2O5S/c1-3-13(10(16)17)5-4-7-15(13)11(18)14-12(2)6-8-21(19,20)9-12/h3-9H2,1-2H3,(H,14,18)(H,16,17). The molecule has 2 atom stereocenters. The number of carboxylic acid groups (broad SMARTS) is 1. The maximum atomic E-state index is 12.5. The number of carbonyl (C=O) groups excluding carboxylic acids is 1. The second kappa shape index (κ2) is 5.15. The highest BCUT2D eigenvalue weighted by Crippen LogP contribution is 2.33. The van der Waals surface area contributed by atoms with E-state index in [4.69, 9.17) is 0 Å². The van der Waals surface area contributed by atoms with Crippen LogP contribution in [0.1, 0.15) is 39.5 Å². The Labute approximate surface area is 124 Å². The van der Waals surface area contributed by atoms with Gasteiger partial charge in [0.1, 0.15) is 5.54 Å². The molecular formula is C13H22N2O5S. The predicted octanol–water partition coefficient (Wildman–Crippen LogP) is 0.602. The van der Waals surface area contributed by atoms with Gasteiger partial charge < -0.3 is 15.3 Å². The van der Waals surface area contributed by atoms with Crippen LogP contribution in [0, 0.1) is 0 Å². The number of carbonyl (C=O) groups is 2. The van der Waals surface area contributed by atoms with Gasteiger partial charge in [-0.15, -0.1) is 0 Å². The summed E-state index contributed by atoms with van der Waals surface area (Å²) >= 11 is 0. The van der Waals surface area contributed by atoms with Gasteiger partial charge in [0.2, 0.25) is 0 Å². The lowest BCUT2D eigenvalue weighted by Gasteiger charge is -2.36. The van der Waals surface area contributed by atoms with Crippen LogP contribution in [0.15, 0.2) is 0 Å². The first-order valence-corrected chi connectivity index (χ1v) is 9.00. The lowest BCUT2D eigenvalue weighted by molar-refractivity contribution is -0.148. The molecule has 0 radical (unpaired) electrons. The van der Waals surface area contributed by atoms with Crippen molar-refractivity contribution < 1.29 is 23.1 Å². The molecule has 0 aromatic heterocycles. The molecule has 2 fully saturated rings. The molecule has 2 amide bonds. The smallest absolute Gasteiger partial charge is 0.329 e. The van der Waals surface area contributed by atoms with Gasteiger partial charge >= 0.3 is 12.0 Å². The molecule has 2 aliphatic heterocycles. The number of hydrogen-bond donors (Lipinski definition) is 2. The number of likely N-dealkylation sites (tertiary alicyclic amines) is 1. The molecule has 120 valence electrons. The van der Waals surface area contributed by atoms with Gasteiger partial charge in [-0.25, -0.2) is 18.0 Å². The van der Waals surface area contributed by atoms with Crippen LogP contribution in [0.5, 0.6) is 0 Å². The molecule has 0 saturated carbocycles. The summed E-state index contributed by atoms with van der Waals surface area (Å²) in [6.07, 6.45) is 1.77. The van der Waals surface area contributed by atoms with Gasteiger partial charge in [0.25, 0.3) is 0 Å². The van der Waals surface area contributed by atoms with E-state index in [1.165, 1.54) is 4.90 Å². The maximum Gasteiger partial charge on any atom is 0.329 e. The van der Waals surface area contributed by atoms with E-state index in [2.05, 4.69) is 5.32 Å². The van der Waals surface area contributed by atoms with Gasteiger partial charge in [-0.2, -0.15) is 0 Å². The highest BCUT2D eigenvalue weighted by atomic mass is 32.2. The average Bonchev–Trinajstić information content (AvgIpc) is 2.91. The zero-order valence-electron chi connectivity index (χ0n) is 12.4. The Bertz CT molecular complexity index is 561. The van der Waals surface area contributed by atoms with Crippen LogP contribution in [0.2, 0.25) is 0 Å². The molecule has 2 N–H and O–H groups in total. The van der Waals surface area contributed by atoms with Crippen molar-refractivity contribution in [2.75, 3.05) is 18.1 Å². The number of sulfone groups is 1. The van der Waals surface area contributed by atoms with Crippen molar-refractivity contribution in [2.24, 2.45) is 0 Å². The van der Waals surface area contributed by atoms with Crippen molar-refractivity contribution in [1.29, 1.82) is 0 Å². The van der Waals surface area contributed by atoms with Gasteiger partial charge in [0.15, 0.2) is 9.84 Å². The van der Waals surface area contributed by atoms with Crippen molar-refractivity contribution in [3.63, 3.8) is 0 Å². The molecule has 21 heavy (non-hydrogen) atoms. The molecule has 2 unspecified atom stereocenters. The van der Waals surface area contributed by atoms with E-state index in [0.717, 1.165) is 0 Å². The number of carboxylic acids is 1. The fraction of sp³-hybridized carbons (Fsp3) is 0.846. The Morgan fingerprint density at radius 1 is 1.33 bits per heavy atom. The lowest BCUT2D eigenvalue weighted by atomic mass is 9.93.